The number of furan rings is 1. The quantitative estimate of drug-likeness (QED) is 0.472. The van der Waals surface area contributed by atoms with Gasteiger partial charge in [-0.3, -0.25) is 4.79 Å². The third-order valence-electron chi connectivity index (χ3n) is 3.93. The number of carbonyl (C=O) groups excluding carboxylic acids is 1. The number of ether oxygens (including phenoxy) is 1. The van der Waals surface area contributed by atoms with Gasteiger partial charge in [-0.25, -0.2) is 0 Å². The van der Waals surface area contributed by atoms with Crippen molar-refractivity contribution >= 4 is 27.9 Å². The summed E-state index contributed by atoms with van der Waals surface area (Å²) in [6, 6.07) is 9.09. The monoisotopic (exact) mass is 445 g/mol. The number of methoxy groups -OCH3 is 1. The summed E-state index contributed by atoms with van der Waals surface area (Å²) in [4.78, 5) is 14.4. The molecule has 1 aromatic carbocycles. The van der Waals surface area contributed by atoms with Crippen LogP contribution in [-0.4, -0.2) is 34.7 Å². The number of aromatic nitrogens is 2. The molecular weight excluding hydrogens is 426 g/mol. The fraction of sp³-hybridized carbons (Fsp3) is 0.250. The third kappa shape index (κ3) is 4.89. The molecule has 0 aliphatic carbocycles. The lowest BCUT2D eigenvalue weighted by Gasteiger charge is -2.18. The summed E-state index contributed by atoms with van der Waals surface area (Å²) in [6.45, 7) is 2.79. The number of benzene rings is 1. The van der Waals surface area contributed by atoms with Crippen molar-refractivity contribution in [3.05, 3.63) is 58.6 Å². The molecule has 0 aliphatic rings. The summed E-state index contributed by atoms with van der Waals surface area (Å²) in [5, 5.41) is 7.98. The number of hydrogen-bond donors (Lipinski definition) is 0. The first-order chi connectivity index (χ1) is 13.6. The summed E-state index contributed by atoms with van der Waals surface area (Å²) in [7, 11) is 1.60. The number of amides is 1. The largest absolute Gasteiger partial charge is 0.496 e. The van der Waals surface area contributed by atoms with Gasteiger partial charge in [0.05, 0.1) is 19.9 Å². The fourth-order valence-corrected chi connectivity index (χ4v) is 3.00. The summed E-state index contributed by atoms with van der Waals surface area (Å²) in [5.41, 5.74) is 0.805. The van der Waals surface area contributed by atoms with Gasteiger partial charge in [0.2, 0.25) is 11.8 Å². The van der Waals surface area contributed by atoms with Crippen LogP contribution >= 0.6 is 15.9 Å². The first kappa shape index (κ1) is 19.9. The molecule has 0 fully saturated rings. The Balaban J connectivity index is 1.73. The Morgan fingerprint density at radius 3 is 2.89 bits per heavy atom. The lowest BCUT2D eigenvalue weighted by molar-refractivity contribution is -0.126. The highest BCUT2D eigenvalue weighted by Crippen LogP contribution is 2.24. The van der Waals surface area contributed by atoms with Crippen LogP contribution in [-0.2, 0) is 11.3 Å². The van der Waals surface area contributed by atoms with Crippen LogP contribution in [0.1, 0.15) is 24.8 Å². The predicted octanol–water partition coefficient (Wildman–Crippen LogP) is 4.55. The molecule has 2 aromatic heterocycles. The first-order valence-corrected chi connectivity index (χ1v) is 9.56. The molecule has 0 spiro atoms. The molecule has 3 rings (SSSR count). The molecule has 3 aromatic rings. The molecule has 2 heterocycles. The minimum Gasteiger partial charge on any atom is -0.496 e. The maximum Gasteiger partial charge on any atom is 0.283 e. The number of halogens is 1. The van der Waals surface area contributed by atoms with Gasteiger partial charge >= 0.3 is 0 Å². The highest BCUT2D eigenvalue weighted by atomic mass is 79.9. The van der Waals surface area contributed by atoms with E-state index < -0.39 is 0 Å². The van der Waals surface area contributed by atoms with Crippen molar-refractivity contribution in [2.45, 2.75) is 19.9 Å². The van der Waals surface area contributed by atoms with Gasteiger partial charge in [-0.2, -0.15) is 0 Å². The highest BCUT2D eigenvalue weighted by molar-refractivity contribution is 9.10. The number of hydrogen-bond acceptors (Lipinski definition) is 6. The predicted molar refractivity (Wildman–Crippen MR) is 107 cm³/mol. The van der Waals surface area contributed by atoms with Crippen LogP contribution in [0.5, 0.6) is 5.75 Å². The number of carbonyl (C=O) groups is 1. The zero-order valence-electron chi connectivity index (χ0n) is 15.6. The van der Waals surface area contributed by atoms with Gasteiger partial charge in [-0.1, -0.05) is 22.9 Å². The van der Waals surface area contributed by atoms with Crippen molar-refractivity contribution in [3.63, 3.8) is 0 Å². The van der Waals surface area contributed by atoms with Crippen LogP contribution in [0.3, 0.4) is 0 Å². The van der Waals surface area contributed by atoms with Crippen LogP contribution < -0.4 is 4.74 Å². The molecule has 0 radical (unpaired) electrons. The summed E-state index contributed by atoms with van der Waals surface area (Å²) in [6.07, 6.45) is 5.59. The second-order valence-electron chi connectivity index (χ2n) is 5.96. The van der Waals surface area contributed by atoms with Gasteiger partial charge in [0, 0.05) is 22.7 Å². The second kappa shape index (κ2) is 9.36. The Bertz CT molecular complexity index is 950. The van der Waals surface area contributed by atoms with E-state index >= 15 is 0 Å². The first-order valence-electron chi connectivity index (χ1n) is 8.77. The van der Waals surface area contributed by atoms with Crippen molar-refractivity contribution in [2.75, 3.05) is 13.7 Å². The van der Waals surface area contributed by atoms with E-state index in [9.17, 15) is 4.79 Å². The van der Waals surface area contributed by atoms with Crippen LogP contribution in [0.2, 0.25) is 0 Å². The molecule has 28 heavy (non-hydrogen) atoms. The van der Waals surface area contributed by atoms with Crippen molar-refractivity contribution in [1.82, 2.24) is 15.1 Å². The fourth-order valence-electron chi connectivity index (χ4n) is 2.62. The van der Waals surface area contributed by atoms with E-state index in [2.05, 4.69) is 26.1 Å². The molecular formula is C20H20BrN3O4. The van der Waals surface area contributed by atoms with Gasteiger partial charge in [0.1, 0.15) is 5.75 Å². The van der Waals surface area contributed by atoms with Crippen molar-refractivity contribution in [2.24, 2.45) is 0 Å². The summed E-state index contributed by atoms with van der Waals surface area (Å²) in [5.74, 6) is 1.67. The average molecular weight is 446 g/mol. The molecule has 1 amide bonds. The van der Waals surface area contributed by atoms with E-state index in [4.69, 9.17) is 13.6 Å². The third-order valence-corrected chi connectivity index (χ3v) is 4.42. The number of nitrogens with zero attached hydrogens (tertiary/aromatic N) is 3. The van der Waals surface area contributed by atoms with E-state index in [0.717, 1.165) is 16.5 Å². The van der Waals surface area contributed by atoms with Gasteiger partial charge < -0.3 is 18.5 Å². The molecule has 0 N–H and O–H groups in total. The molecule has 0 bridgehead atoms. The van der Waals surface area contributed by atoms with E-state index in [0.29, 0.717) is 29.8 Å². The minimum atomic E-state index is -0.151. The van der Waals surface area contributed by atoms with E-state index in [1.54, 1.807) is 30.2 Å². The van der Waals surface area contributed by atoms with Gasteiger partial charge in [0.25, 0.3) is 5.89 Å². The smallest absolute Gasteiger partial charge is 0.283 e. The zero-order chi connectivity index (χ0) is 19.9. The van der Waals surface area contributed by atoms with Gasteiger partial charge in [0.15, 0.2) is 5.76 Å². The molecule has 0 saturated carbocycles. The zero-order valence-corrected chi connectivity index (χ0v) is 17.2. The lowest BCUT2D eigenvalue weighted by atomic mass is 10.2. The summed E-state index contributed by atoms with van der Waals surface area (Å²) < 4.78 is 17.1. The lowest BCUT2D eigenvalue weighted by Crippen LogP contribution is -2.29. The van der Waals surface area contributed by atoms with Crippen molar-refractivity contribution in [1.29, 1.82) is 0 Å². The molecule has 0 atom stereocenters. The average Bonchev–Trinajstić information content (AvgIpc) is 3.37. The van der Waals surface area contributed by atoms with E-state index in [-0.39, 0.29) is 12.5 Å². The molecule has 8 heteroatoms. The Labute approximate surface area is 171 Å². The molecule has 0 saturated heterocycles. The Morgan fingerprint density at radius 2 is 2.18 bits per heavy atom. The summed E-state index contributed by atoms with van der Waals surface area (Å²) >= 11 is 3.43. The topological polar surface area (TPSA) is 81.6 Å². The van der Waals surface area contributed by atoms with Crippen LogP contribution in [0.25, 0.3) is 17.7 Å². The second-order valence-corrected chi connectivity index (χ2v) is 6.87. The number of rotatable bonds is 8. The van der Waals surface area contributed by atoms with Crippen molar-refractivity contribution < 1.29 is 18.4 Å². The van der Waals surface area contributed by atoms with E-state index in [1.165, 1.54) is 12.3 Å². The molecule has 7 nitrogen and oxygen atoms in total. The highest BCUT2D eigenvalue weighted by Gasteiger charge is 2.17. The van der Waals surface area contributed by atoms with Crippen LogP contribution in [0, 0.1) is 0 Å². The van der Waals surface area contributed by atoms with Crippen LogP contribution in [0.15, 0.2) is 56.0 Å². The van der Waals surface area contributed by atoms with Gasteiger partial charge in [-0.15, -0.1) is 10.2 Å². The maximum absolute atomic E-state index is 12.7. The SMILES string of the molecule is CCCN(Cc1nnc(-c2ccco2)o1)C(=O)/C=C/c1cc(Br)ccc1OC. The maximum atomic E-state index is 12.7. The minimum absolute atomic E-state index is 0.151. The van der Waals surface area contributed by atoms with Crippen LogP contribution in [0.4, 0.5) is 0 Å². The molecule has 0 unspecified atom stereocenters. The normalized spacial score (nSPS) is 11.1. The standard InChI is InChI=1S/C20H20BrN3O4/c1-3-10-24(13-18-22-23-20(28-18)17-5-4-11-27-17)19(25)9-6-14-12-15(21)7-8-16(14)26-2/h4-9,11-12H,3,10,13H2,1-2H3/b9-6+. The Hall–Kier alpha value is -2.87. The molecule has 146 valence electrons. The molecule has 0 aliphatic heterocycles. The Kier molecular flexibility index (Phi) is 6.65. The van der Waals surface area contributed by atoms with E-state index in [1.807, 2.05) is 25.1 Å². The Morgan fingerprint density at radius 1 is 1.32 bits per heavy atom. The van der Waals surface area contributed by atoms with Gasteiger partial charge in [-0.05, 0) is 42.8 Å². The van der Waals surface area contributed by atoms with Crippen molar-refractivity contribution in [3.8, 4) is 17.4 Å².